The largest absolute Gasteiger partial charge is 0.493 e. The van der Waals surface area contributed by atoms with E-state index in [1.807, 2.05) is 0 Å². The van der Waals surface area contributed by atoms with Crippen LogP contribution in [-0.2, 0) is 4.79 Å². The first-order chi connectivity index (χ1) is 11.2. The molecular formula is C16H21F3N2O3. The molecule has 0 radical (unpaired) electrons. The first-order valence-electron chi connectivity index (χ1n) is 7.56. The monoisotopic (exact) mass is 346 g/mol. The molecular weight excluding hydrogens is 325 g/mol. The van der Waals surface area contributed by atoms with Gasteiger partial charge in [-0.05, 0) is 26.1 Å². The highest BCUT2D eigenvalue weighted by molar-refractivity contribution is 5.78. The number of benzene rings is 1. The number of ether oxygens (including phenoxy) is 2. The standard InChI is InChI=1S/C16H21F3N2O3/c1-11-8-21(9-14(20(11)2)16(17,18)19)15(22)10-24-13-7-5-4-6-12(13)23-3/h4-7,11,14H,8-10H2,1-3H3. The lowest BCUT2D eigenvalue weighted by molar-refractivity contribution is -0.201. The van der Waals surface area contributed by atoms with Gasteiger partial charge in [0.25, 0.3) is 5.91 Å². The van der Waals surface area contributed by atoms with E-state index in [2.05, 4.69) is 0 Å². The Labute approximate surface area is 138 Å². The molecule has 5 nitrogen and oxygen atoms in total. The van der Waals surface area contributed by atoms with E-state index < -0.39 is 24.7 Å². The van der Waals surface area contributed by atoms with Crippen LogP contribution in [0.3, 0.4) is 0 Å². The number of amides is 1. The van der Waals surface area contributed by atoms with E-state index in [-0.39, 0.29) is 19.2 Å². The number of likely N-dealkylation sites (N-methyl/N-ethyl adjacent to an activating group) is 1. The lowest BCUT2D eigenvalue weighted by atomic mass is 10.1. The van der Waals surface area contributed by atoms with Gasteiger partial charge in [0.2, 0.25) is 0 Å². The molecule has 24 heavy (non-hydrogen) atoms. The molecule has 8 heteroatoms. The maximum absolute atomic E-state index is 13.1. The first kappa shape index (κ1) is 18.4. The van der Waals surface area contributed by atoms with E-state index in [9.17, 15) is 18.0 Å². The van der Waals surface area contributed by atoms with Gasteiger partial charge >= 0.3 is 6.18 Å². The van der Waals surface area contributed by atoms with Crippen LogP contribution in [0.5, 0.6) is 11.5 Å². The second-order valence-electron chi connectivity index (χ2n) is 5.81. The van der Waals surface area contributed by atoms with Crippen molar-refractivity contribution in [3.63, 3.8) is 0 Å². The van der Waals surface area contributed by atoms with E-state index in [0.717, 1.165) is 0 Å². The number of carbonyl (C=O) groups is 1. The number of nitrogens with zero attached hydrogens (tertiary/aromatic N) is 2. The molecule has 134 valence electrons. The summed E-state index contributed by atoms with van der Waals surface area (Å²) < 4.78 is 49.9. The van der Waals surface area contributed by atoms with Crippen LogP contribution in [0.25, 0.3) is 0 Å². The van der Waals surface area contributed by atoms with Crippen molar-refractivity contribution in [2.24, 2.45) is 0 Å². The zero-order valence-corrected chi connectivity index (χ0v) is 13.8. The summed E-state index contributed by atoms with van der Waals surface area (Å²) in [6.45, 7) is 1.18. The average Bonchev–Trinajstić information content (AvgIpc) is 2.54. The molecule has 1 heterocycles. The number of hydrogen-bond acceptors (Lipinski definition) is 4. The number of carbonyl (C=O) groups excluding carboxylic acids is 1. The molecule has 2 unspecified atom stereocenters. The second-order valence-corrected chi connectivity index (χ2v) is 5.81. The van der Waals surface area contributed by atoms with Crippen LogP contribution < -0.4 is 9.47 Å². The third-order valence-electron chi connectivity index (χ3n) is 4.22. The van der Waals surface area contributed by atoms with Crippen LogP contribution in [0.4, 0.5) is 13.2 Å². The lowest BCUT2D eigenvalue weighted by Crippen LogP contribution is -2.62. The zero-order chi connectivity index (χ0) is 17.9. The Kier molecular flexibility index (Phi) is 5.58. The van der Waals surface area contributed by atoms with E-state index in [0.29, 0.717) is 11.5 Å². The summed E-state index contributed by atoms with van der Waals surface area (Å²) in [6.07, 6.45) is -4.38. The summed E-state index contributed by atoms with van der Waals surface area (Å²) in [5.41, 5.74) is 0. The Bertz CT molecular complexity index is 580. The highest BCUT2D eigenvalue weighted by atomic mass is 19.4. The number of para-hydroxylation sites is 2. The molecule has 0 bridgehead atoms. The maximum Gasteiger partial charge on any atom is 0.405 e. The number of halogens is 3. The molecule has 0 aliphatic carbocycles. The van der Waals surface area contributed by atoms with Crippen molar-refractivity contribution in [3.05, 3.63) is 24.3 Å². The predicted molar refractivity (Wildman–Crippen MR) is 82.1 cm³/mol. The Morgan fingerprint density at radius 3 is 2.46 bits per heavy atom. The molecule has 0 N–H and O–H groups in total. The Morgan fingerprint density at radius 2 is 1.88 bits per heavy atom. The van der Waals surface area contributed by atoms with Gasteiger partial charge in [0, 0.05) is 19.1 Å². The van der Waals surface area contributed by atoms with Crippen LogP contribution >= 0.6 is 0 Å². The molecule has 1 aliphatic heterocycles. The quantitative estimate of drug-likeness (QED) is 0.838. The second kappa shape index (κ2) is 7.29. The molecule has 1 aromatic carbocycles. The topological polar surface area (TPSA) is 42.0 Å². The summed E-state index contributed by atoms with van der Waals surface area (Å²) in [6, 6.07) is 4.73. The number of rotatable bonds is 4. The summed E-state index contributed by atoms with van der Waals surface area (Å²) in [5.74, 6) is 0.364. The van der Waals surface area contributed by atoms with Gasteiger partial charge in [0.15, 0.2) is 18.1 Å². The molecule has 1 saturated heterocycles. The highest BCUT2D eigenvalue weighted by Gasteiger charge is 2.47. The van der Waals surface area contributed by atoms with Crippen LogP contribution in [0, 0.1) is 0 Å². The summed E-state index contributed by atoms with van der Waals surface area (Å²) in [7, 11) is 2.90. The fraction of sp³-hybridized carbons (Fsp3) is 0.562. The number of alkyl halides is 3. The van der Waals surface area contributed by atoms with Crippen molar-refractivity contribution in [1.29, 1.82) is 0 Å². The van der Waals surface area contributed by atoms with E-state index in [1.54, 1.807) is 31.2 Å². The third kappa shape index (κ3) is 4.11. The molecule has 2 atom stereocenters. The molecule has 0 spiro atoms. The molecule has 1 amide bonds. The van der Waals surface area contributed by atoms with E-state index >= 15 is 0 Å². The molecule has 2 rings (SSSR count). The van der Waals surface area contributed by atoms with Crippen LogP contribution in [-0.4, -0.2) is 67.8 Å². The molecule has 0 saturated carbocycles. The summed E-state index contributed by atoms with van der Waals surface area (Å²) >= 11 is 0. The highest BCUT2D eigenvalue weighted by Crippen LogP contribution is 2.29. The minimum absolute atomic E-state index is 0.233. The maximum atomic E-state index is 13.1. The van der Waals surface area contributed by atoms with Crippen LogP contribution in [0.1, 0.15) is 6.92 Å². The van der Waals surface area contributed by atoms with Gasteiger partial charge in [-0.15, -0.1) is 0 Å². The number of piperazine rings is 1. The molecule has 0 aromatic heterocycles. The molecule has 1 fully saturated rings. The van der Waals surface area contributed by atoms with E-state index in [1.165, 1.54) is 24.0 Å². The SMILES string of the molecule is COc1ccccc1OCC(=O)N1CC(C)N(C)C(C(F)(F)F)C1. The Hall–Kier alpha value is -1.96. The first-order valence-corrected chi connectivity index (χ1v) is 7.56. The van der Waals surface area contributed by atoms with Gasteiger partial charge in [-0.2, -0.15) is 13.2 Å². The fourth-order valence-electron chi connectivity index (χ4n) is 2.67. The smallest absolute Gasteiger partial charge is 0.405 e. The minimum atomic E-state index is -4.38. The van der Waals surface area contributed by atoms with Crippen molar-refractivity contribution >= 4 is 5.91 Å². The van der Waals surface area contributed by atoms with Crippen molar-refractivity contribution in [2.75, 3.05) is 33.9 Å². The predicted octanol–water partition coefficient (Wildman–Crippen LogP) is 2.17. The fourth-order valence-corrected chi connectivity index (χ4v) is 2.67. The molecule has 1 aromatic rings. The van der Waals surface area contributed by atoms with Gasteiger partial charge < -0.3 is 14.4 Å². The number of hydrogen-bond donors (Lipinski definition) is 0. The lowest BCUT2D eigenvalue weighted by Gasteiger charge is -2.44. The number of methoxy groups -OCH3 is 1. The normalized spacial score (nSPS) is 22.3. The van der Waals surface area contributed by atoms with E-state index in [4.69, 9.17) is 9.47 Å². The Balaban J connectivity index is 2.01. The minimum Gasteiger partial charge on any atom is -0.493 e. The van der Waals surface area contributed by atoms with Crippen molar-refractivity contribution in [1.82, 2.24) is 9.80 Å². The van der Waals surface area contributed by atoms with Gasteiger partial charge in [0.05, 0.1) is 7.11 Å². The van der Waals surface area contributed by atoms with Crippen molar-refractivity contribution in [3.8, 4) is 11.5 Å². The third-order valence-corrected chi connectivity index (χ3v) is 4.22. The zero-order valence-electron chi connectivity index (χ0n) is 13.8. The summed E-state index contributed by atoms with van der Waals surface area (Å²) in [4.78, 5) is 14.7. The average molecular weight is 346 g/mol. The van der Waals surface area contributed by atoms with Gasteiger partial charge in [-0.3, -0.25) is 9.69 Å². The molecule has 1 aliphatic rings. The van der Waals surface area contributed by atoms with Crippen LogP contribution in [0.2, 0.25) is 0 Å². The van der Waals surface area contributed by atoms with Crippen molar-refractivity contribution in [2.45, 2.75) is 25.2 Å². The van der Waals surface area contributed by atoms with Crippen LogP contribution in [0.15, 0.2) is 24.3 Å². The van der Waals surface area contributed by atoms with Crippen molar-refractivity contribution < 1.29 is 27.4 Å². The van der Waals surface area contributed by atoms with Gasteiger partial charge in [-0.25, -0.2) is 0 Å². The van der Waals surface area contributed by atoms with Gasteiger partial charge in [0.1, 0.15) is 6.04 Å². The van der Waals surface area contributed by atoms with Gasteiger partial charge in [-0.1, -0.05) is 12.1 Å². The summed E-state index contributed by atoms with van der Waals surface area (Å²) in [5, 5.41) is 0. The Morgan fingerprint density at radius 1 is 1.25 bits per heavy atom.